The van der Waals surface area contributed by atoms with E-state index >= 15 is 0 Å². The summed E-state index contributed by atoms with van der Waals surface area (Å²) in [4.78, 5) is 25.2. The van der Waals surface area contributed by atoms with E-state index < -0.39 is 5.97 Å². The number of anilines is 1. The Bertz CT molecular complexity index is 1270. The molecule has 33 heavy (non-hydrogen) atoms. The Morgan fingerprint density at radius 1 is 1.06 bits per heavy atom. The third-order valence-electron chi connectivity index (χ3n) is 4.87. The van der Waals surface area contributed by atoms with Gasteiger partial charge in [-0.15, -0.1) is 0 Å². The van der Waals surface area contributed by atoms with Gasteiger partial charge in [-0.1, -0.05) is 18.2 Å². The minimum Gasteiger partial charge on any atom is -0.733 e. The average molecular weight is 448 g/mol. The van der Waals surface area contributed by atoms with Gasteiger partial charge in [0.05, 0.1) is 31.0 Å². The van der Waals surface area contributed by atoms with Crippen molar-refractivity contribution in [2.24, 2.45) is 0 Å². The summed E-state index contributed by atoms with van der Waals surface area (Å²) in [5, 5.41) is 19.7. The normalized spacial score (nSPS) is 13.3. The standard InChI is InChI=1S/C24H18NO8/c1-30-19-8-4-5-14(23(19)31-2)12-21-22(26)18-10-9-17(13-20(18)33-21)32-24(27)15-6-3-7-16(11-15)25(28)29/h3-13,28H,1-2H3/q-1. The van der Waals surface area contributed by atoms with Crippen molar-refractivity contribution in [3.05, 3.63) is 88.3 Å². The van der Waals surface area contributed by atoms with Gasteiger partial charge in [0.15, 0.2) is 17.3 Å². The van der Waals surface area contributed by atoms with Gasteiger partial charge >= 0.3 is 5.97 Å². The summed E-state index contributed by atoms with van der Waals surface area (Å²) in [7, 11) is 3.01. The number of ether oxygens (including phenoxy) is 4. The van der Waals surface area contributed by atoms with Gasteiger partial charge in [-0.3, -0.25) is 10.0 Å². The van der Waals surface area contributed by atoms with Crippen molar-refractivity contribution < 1.29 is 33.7 Å². The van der Waals surface area contributed by atoms with Gasteiger partial charge in [0.25, 0.3) is 0 Å². The molecule has 3 aromatic carbocycles. The number of Topliss-reactive ketones (excluding diaryl/α,β-unsaturated/α-hetero) is 1. The molecule has 9 heteroatoms. The van der Waals surface area contributed by atoms with Crippen molar-refractivity contribution in [2.45, 2.75) is 0 Å². The minimum absolute atomic E-state index is 0.0607. The molecule has 9 nitrogen and oxygen atoms in total. The van der Waals surface area contributed by atoms with Crippen LogP contribution in [0.15, 0.2) is 66.4 Å². The number of hydrogen-bond acceptors (Lipinski definition) is 9. The van der Waals surface area contributed by atoms with E-state index in [1.54, 1.807) is 24.3 Å². The first-order valence-electron chi connectivity index (χ1n) is 9.69. The van der Waals surface area contributed by atoms with Gasteiger partial charge in [0, 0.05) is 11.6 Å². The maximum atomic E-state index is 12.8. The number of para-hydroxylation sites is 1. The third kappa shape index (κ3) is 4.36. The molecule has 0 bridgehead atoms. The molecule has 0 amide bonds. The number of rotatable bonds is 6. The Hall–Kier alpha value is -4.34. The smallest absolute Gasteiger partial charge is 0.343 e. The maximum Gasteiger partial charge on any atom is 0.343 e. The second-order valence-electron chi connectivity index (χ2n) is 6.89. The van der Waals surface area contributed by atoms with E-state index in [2.05, 4.69) is 0 Å². The Kier molecular flexibility index (Phi) is 5.99. The monoisotopic (exact) mass is 448 g/mol. The summed E-state index contributed by atoms with van der Waals surface area (Å²) < 4.78 is 21.7. The predicted octanol–water partition coefficient (Wildman–Crippen LogP) is 4.23. The summed E-state index contributed by atoms with van der Waals surface area (Å²) >= 11 is 0. The summed E-state index contributed by atoms with van der Waals surface area (Å²) in [5.41, 5.74) is 0.851. The number of allylic oxidation sites excluding steroid dienone is 1. The molecule has 1 aliphatic heterocycles. The van der Waals surface area contributed by atoms with E-state index in [-0.39, 0.29) is 39.5 Å². The Labute approximate surface area is 188 Å². The number of benzene rings is 3. The van der Waals surface area contributed by atoms with Crippen molar-refractivity contribution >= 4 is 23.5 Å². The summed E-state index contributed by atoms with van der Waals surface area (Å²) in [6.07, 6.45) is 1.55. The van der Waals surface area contributed by atoms with Crippen LogP contribution >= 0.6 is 0 Å². The molecule has 4 rings (SSSR count). The number of fused-ring (bicyclic) bond motifs is 1. The molecule has 1 N–H and O–H groups in total. The lowest BCUT2D eigenvalue weighted by Crippen LogP contribution is -2.11. The molecule has 0 aromatic heterocycles. The van der Waals surface area contributed by atoms with Crippen LogP contribution in [0.1, 0.15) is 26.3 Å². The molecule has 1 heterocycles. The van der Waals surface area contributed by atoms with Gasteiger partial charge in [-0.25, -0.2) is 4.79 Å². The summed E-state index contributed by atoms with van der Waals surface area (Å²) in [6, 6.07) is 15.0. The molecule has 0 radical (unpaired) electrons. The van der Waals surface area contributed by atoms with Gasteiger partial charge in [-0.2, -0.15) is 0 Å². The highest BCUT2D eigenvalue weighted by molar-refractivity contribution is 6.14. The van der Waals surface area contributed by atoms with E-state index in [1.165, 1.54) is 56.7 Å². The zero-order valence-corrected chi connectivity index (χ0v) is 17.6. The lowest BCUT2D eigenvalue weighted by atomic mass is 10.1. The second-order valence-corrected chi connectivity index (χ2v) is 6.89. The number of methoxy groups -OCH3 is 2. The van der Waals surface area contributed by atoms with Crippen molar-refractivity contribution in [3.8, 4) is 23.0 Å². The van der Waals surface area contributed by atoms with Crippen LogP contribution in [0.4, 0.5) is 5.69 Å². The maximum absolute atomic E-state index is 12.8. The fraction of sp³-hybridized carbons (Fsp3) is 0.0833. The van der Waals surface area contributed by atoms with E-state index in [4.69, 9.17) is 24.2 Å². The highest BCUT2D eigenvalue weighted by Gasteiger charge is 2.28. The van der Waals surface area contributed by atoms with Crippen LogP contribution in [0.5, 0.6) is 23.0 Å². The lowest BCUT2D eigenvalue weighted by Gasteiger charge is -2.21. The molecule has 1 aliphatic rings. The van der Waals surface area contributed by atoms with Crippen molar-refractivity contribution in [2.75, 3.05) is 19.4 Å². The zero-order valence-electron chi connectivity index (χ0n) is 17.6. The molecule has 0 spiro atoms. The van der Waals surface area contributed by atoms with Gasteiger partial charge in [0.1, 0.15) is 11.5 Å². The highest BCUT2D eigenvalue weighted by atomic mass is 16.8. The Morgan fingerprint density at radius 3 is 2.58 bits per heavy atom. The molecule has 168 valence electrons. The van der Waals surface area contributed by atoms with Gasteiger partial charge in [0.2, 0.25) is 5.78 Å². The fourth-order valence-electron chi connectivity index (χ4n) is 3.32. The first-order chi connectivity index (χ1) is 15.9. The number of nitrogens with zero attached hydrogens (tertiary/aromatic N) is 1. The molecule has 3 aromatic rings. The predicted molar refractivity (Wildman–Crippen MR) is 118 cm³/mol. The quantitative estimate of drug-likeness (QED) is 0.256. The summed E-state index contributed by atoms with van der Waals surface area (Å²) in [6.45, 7) is 0. The van der Waals surface area contributed by atoms with Crippen LogP contribution in [0.2, 0.25) is 0 Å². The Morgan fingerprint density at radius 2 is 1.85 bits per heavy atom. The SMILES string of the molecule is COc1cccc(C=C2Oc3cc(OC(=O)c4cccc(N([O-])O)c4)ccc3C2=O)c1OC. The molecule has 0 aliphatic carbocycles. The van der Waals surface area contributed by atoms with Crippen LogP contribution in [-0.4, -0.2) is 31.2 Å². The molecular weight excluding hydrogens is 430 g/mol. The number of carbonyl (C=O) groups is 2. The van der Waals surface area contributed by atoms with Gasteiger partial charge in [-0.05, 0) is 42.5 Å². The van der Waals surface area contributed by atoms with Crippen molar-refractivity contribution in [3.63, 3.8) is 0 Å². The molecule has 0 fully saturated rings. The third-order valence-corrected chi connectivity index (χ3v) is 4.87. The second kappa shape index (κ2) is 9.03. The van der Waals surface area contributed by atoms with E-state index in [9.17, 15) is 14.8 Å². The van der Waals surface area contributed by atoms with E-state index in [1.807, 2.05) is 0 Å². The number of ketones is 1. The first-order valence-corrected chi connectivity index (χ1v) is 9.69. The number of hydrogen-bond donors (Lipinski definition) is 1. The lowest BCUT2D eigenvalue weighted by molar-refractivity contribution is 0.0734. The average Bonchev–Trinajstić information content (AvgIpc) is 3.13. The van der Waals surface area contributed by atoms with Crippen molar-refractivity contribution in [1.82, 2.24) is 0 Å². The largest absolute Gasteiger partial charge is 0.733 e. The molecule has 0 atom stereocenters. The van der Waals surface area contributed by atoms with Crippen LogP contribution in [0, 0.1) is 5.21 Å². The molecular formula is C24H18NO8-. The Balaban J connectivity index is 1.57. The van der Waals surface area contributed by atoms with Crippen LogP contribution in [0.25, 0.3) is 6.08 Å². The van der Waals surface area contributed by atoms with E-state index in [0.29, 0.717) is 22.6 Å². The topological polar surface area (TPSA) is 118 Å². The molecule has 0 unspecified atom stereocenters. The van der Waals surface area contributed by atoms with E-state index in [0.717, 1.165) is 0 Å². The number of esters is 1. The van der Waals surface area contributed by atoms with Crippen molar-refractivity contribution in [1.29, 1.82) is 0 Å². The fourth-order valence-corrected chi connectivity index (χ4v) is 3.32. The van der Waals surface area contributed by atoms with Crippen LogP contribution in [-0.2, 0) is 0 Å². The summed E-state index contributed by atoms with van der Waals surface area (Å²) in [5.74, 6) is 0.323. The van der Waals surface area contributed by atoms with Gasteiger partial charge < -0.3 is 29.4 Å². The first kappa shape index (κ1) is 21.9. The zero-order chi connectivity index (χ0) is 23.5. The minimum atomic E-state index is -0.750. The highest BCUT2D eigenvalue weighted by Crippen LogP contribution is 2.37. The molecule has 0 saturated heterocycles. The van der Waals surface area contributed by atoms with Crippen LogP contribution < -0.4 is 24.2 Å². The van der Waals surface area contributed by atoms with Crippen LogP contribution in [0.3, 0.4) is 0 Å². The molecule has 0 saturated carbocycles. The number of carbonyl (C=O) groups excluding carboxylic acids is 2.